The van der Waals surface area contributed by atoms with Gasteiger partial charge < -0.3 is 15.2 Å². The van der Waals surface area contributed by atoms with E-state index in [1.807, 2.05) is 31.0 Å². The Bertz CT molecular complexity index is 508. The van der Waals surface area contributed by atoms with Gasteiger partial charge in [0, 0.05) is 31.4 Å². The highest BCUT2D eigenvalue weighted by Crippen LogP contribution is 2.24. The normalized spacial score (nSPS) is 14.9. The second-order valence-corrected chi connectivity index (χ2v) is 4.64. The summed E-state index contributed by atoms with van der Waals surface area (Å²) in [5.41, 5.74) is 6.60. The third kappa shape index (κ3) is 3.95. The highest BCUT2D eigenvalue weighted by atomic mass is 127. The number of halogens is 1. The Kier molecular flexibility index (Phi) is 5.84. The summed E-state index contributed by atoms with van der Waals surface area (Å²) in [5.74, 6) is 0.517. The molecule has 19 heavy (non-hydrogen) atoms. The zero-order valence-electron chi connectivity index (χ0n) is 11.4. The molecule has 1 fully saturated rings. The molecule has 1 aromatic heterocycles. The second-order valence-electron chi connectivity index (χ2n) is 4.64. The topological polar surface area (TPSA) is 63.6 Å². The van der Waals surface area contributed by atoms with Crippen molar-refractivity contribution in [2.45, 2.75) is 38.9 Å². The third-order valence-electron chi connectivity index (χ3n) is 3.31. The lowest BCUT2D eigenvalue weighted by Crippen LogP contribution is -2.35. The van der Waals surface area contributed by atoms with Crippen LogP contribution in [0.25, 0.3) is 0 Å². The average molecular weight is 376 g/mol. The van der Waals surface area contributed by atoms with Gasteiger partial charge in [-0.25, -0.2) is 4.99 Å². The maximum atomic E-state index is 12.0. The summed E-state index contributed by atoms with van der Waals surface area (Å²) in [6.45, 7) is 2.97. The predicted octanol–water partition coefficient (Wildman–Crippen LogP) is 1.40. The van der Waals surface area contributed by atoms with Gasteiger partial charge in [-0.2, -0.15) is 0 Å². The molecular weight excluding hydrogens is 355 g/mol. The molecule has 0 bridgehead atoms. The second kappa shape index (κ2) is 6.93. The van der Waals surface area contributed by atoms with Crippen LogP contribution >= 0.6 is 24.0 Å². The molecule has 106 valence electrons. The van der Waals surface area contributed by atoms with Gasteiger partial charge in [-0.05, 0) is 25.8 Å². The first kappa shape index (κ1) is 16.0. The van der Waals surface area contributed by atoms with Crippen molar-refractivity contribution in [3.63, 3.8) is 0 Å². The van der Waals surface area contributed by atoms with Crippen LogP contribution in [0.3, 0.4) is 0 Å². The lowest BCUT2D eigenvalue weighted by molar-refractivity contribution is 0.487. The molecule has 0 aromatic carbocycles. The van der Waals surface area contributed by atoms with Gasteiger partial charge >= 0.3 is 0 Å². The SMILES string of the molecule is CCn1cccc(CN=C(N)N(C)C2CC2)c1=O.I. The monoisotopic (exact) mass is 376 g/mol. The molecule has 2 N–H and O–H groups in total. The van der Waals surface area contributed by atoms with Crippen LogP contribution in [0, 0.1) is 0 Å². The van der Waals surface area contributed by atoms with E-state index in [-0.39, 0.29) is 29.5 Å². The molecule has 0 spiro atoms. The van der Waals surface area contributed by atoms with Crippen molar-refractivity contribution in [2.75, 3.05) is 7.05 Å². The lowest BCUT2D eigenvalue weighted by Gasteiger charge is -2.16. The molecule has 2 rings (SSSR count). The molecule has 1 saturated carbocycles. The van der Waals surface area contributed by atoms with Gasteiger partial charge in [0.1, 0.15) is 0 Å². The van der Waals surface area contributed by atoms with Gasteiger partial charge in [-0.3, -0.25) is 4.79 Å². The number of aryl methyl sites for hydroxylation is 1. The molecule has 0 radical (unpaired) electrons. The first-order valence-electron chi connectivity index (χ1n) is 6.34. The standard InChI is InChI=1S/C13H20N4O.HI/c1-3-17-8-4-5-10(12(17)18)9-15-13(14)16(2)11-6-7-11;/h4-5,8,11H,3,6-7,9H2,1-2H3,(H2,14,15);1H. The fraction of sp³-hybridized carbons (Fsp3) is 0.538. The van der Waals surface area contributed by atoms with Crippen LogP contribution in [0.15, 0.2) is 28.1 Å². The number of hydrogen-bond donors (Lipinski definition) is 1. The van der Waals surface area contributed by atoms with Crippen LogP contribution in [-0.2, 0) is 13.1 Å². The van der Waals surface area contributed by atoms with Crippen molar-refractivity contribution in [1.29, 1.82) is 0 Å². The molecule has 6 heteroatoms. The van der Waals surface area contributed by atoms with Crippen LogP contribution in [0.4, 0.5) is 0 Å². The van der Waals surface area contributed by atoms with E-state index in [4.69, 9.17) is 5.73 Å². The number of pyridine rings is 1. The summed E-state index contributed by atoms with van der Waals surface area (Å²) in [6, 6.07) is 4.22. The maximum absolute atomic E-state index is 12.0. The quantitative estimate of drug-likeness (QED) is 0.491. The molecule has 0 saturated heterocycles. The third-order valence-corrected chi connectivity index (χ3v) is 3.31. The van der Waals surface area contributed by atoms with Crippen molar-refractivity contribution in [3.05, 3.63) is 34.2 Å². The van der Waals surface area contributed by atoms with Gasteiger partial charge in [0.25, 0.3) is 5.56 Å². The van der Waals surface area contributed by atoms with E-state index in [1.54, 1.807) is 10.8 Å². The van der Waals surface area contributed by atoms with Crippen molar-refractivity contribution < 1.29 is 0 Å². The Morgan fingerprint density at radius 2 is 2.26 bits per heavy atom. The van der Waals surface area contributed by atoms with E-state index >= 15 is 0 Å². The van der Waals surface area contributed by atoms with Crippen LogP contribution in [0.1, 0.15) is 25.3 Å². The number of nitrogens with two attached hydrogens (primary N) is 1. The fourth-order valence-corrected chi connectivity index (χ4v) is 1.88. The Labute approximate surface area is 130 Å². The minimum atomic E-state index is 0. The maximum Gasteiger partial charge on any atom is 0.255 e. The van der Waals surface area contributed by atoms with Gasteiger partial charge in [0.2, 0.25) is 0 Å². The predicted molar refractivity (Wildman–Crippen MR) is 87.9 cm³/mol. The molecule has 0 amide bonds. The summed E-state index contributed by atoms with van der Waals surface area (Å²) in [6.07, 6.45) is 4.15. The Morgan fingerprint density at radius 3 is 2.84 bits per heavy atom. The largest absolute Gasteiger partial charge is 0.370 e. The smallest absolute Gasteiger partial charge is 0.255 e. The van der Waals surface area contributed by atoms with E-state index in [9.17, 15) is 4.79 Å². The molecule has 1 heterocycles. The number of hydrogen-bond acceptors (Lipinski definition) is 2. The number of aromatic nitrogens is 1. The minimum absolute atomic E-state index is 0. The van der Waals surface area contributed by atoms with Crippen LogP contribution < -0.4 is 11.3 Å². The summed E-state index contributed by atoms with van der Waals surface area (Å²) < 4.78 is 1.67. The van der Waals surface area contributed by atoms with Gasteiger partial charge in [-0.1, -0.05) is 6.07 Å². The van der Waals surface area contributed by atoms with Crippen LogP contribution in [-0.4, -0.2) is 28.5 Å². The van der Waals surface area contributed by atoms with Gasteiger partial charge in [0.05, 0.1) is 6.54 Å². The van der Waals surface area contributed by atoms with E-state index in [0.717, 1.165) is 0 Å². The Balaban J connectivity index is 0.00000180. The lowest BCUT2D eigenvalue weighted by atomic mass is 10.3. The molecule has 5 nitrogen and oxygen atoms in total. The first-order valence-corrected chi connectivity index (χ1v) is 6.34. The van der Waals surface area contributed by atoms with Crippen molar-refractivity contribution in [1.82, 2.24) is 9.47 Å². The van der Waals surface area contributed by atoms with Gasteiger partial charge in [0.15, 0.2) is 5.96 Å². The highest BCUT2D eigenvalue weighted by Gasteiger charge is 2.27. The van der Waals surface area contributed by atoms with E-state index < -0.39 is 0 Å². The molecule has 1 aliphatic rings. The van der Waals surface area contributed by atoms with Crippen LogP contribution in [0.2, 0.25) is 0 Å². The zero-order valence-corrected chi connectivity index (χ0v) is 13.7. The molecule has 1 aromatic rings. The molecule has 0 atom stereocenters. The molecule has 1 aliphatic carbocycles. The van der Waals surface area contributed by atoms with Crippen molar-refractivity contribution in [2.24, 2.45) is 10.7 Å². The van der Waals surface area contributed by atoms with Crippen molar-refractivity contribution in [3.8, 4) is 0 Å². The van der Waals surface area contributed by atoms with E-state index in [1.165, 1.54) is 12.8 Å². The Hall–Kier alpha value is -1.05. The van der Waals surface area contributed by atoms with Gasteiger partial charge in [-0.15, -0.1) is 24.0 Å². The minimum Gasteiger partial charge on any atom is -0.370 e. The number of rotatable bonds is 4. The van der Waals surface area contributed by atoms with Crippen LogP contribution in [0.5, 0.6) is 0 Å². The Morgan fingerprint density at radius 1 is 1.58 bits per heavy atom. The fourth-order valence-electron chi connectivity index (χ4n) is 1.88. The summed E-state index contributed by atoms with van der Waals surface area (Å²) >= 11 is 0. The first-order chi connectivity index (χ1) is 8.63. The zero-order chi connectivity index (χ0) is 13.1. The van der Waals surface area contributed by atoms with E-state index in [2.05, 4.69) is 4.99 Å². The number of nitrogens with zero attached hydrogens (tertiary/aromatic N) is 3. The number of guanidine groups is 1. The summed E-state index contributed by atoms with van der Waals surface area (Å²) in [4.78, 5) is 18.3. The highest BCUT2D eigenvalue weighted by molar-refractivity contribution is 14.0. The van der Waals surface area contributed by atoms with Crippen molar-refractivity contribution >= 4 is 29.9 Å². The average Bonchev–Trinajstić information content (AvgIpc) is 3.20. The molecule has 0 unspecified atom stereocenters. The summed E-state index contributed by atoms with van der Waals surface area (Å²) in [5, 5.41) is 0. The molecule has 0 aliphatic heterocycles. The van der Waals surface area contributed by atoms with E-state index in [0.29, 0.717) is 30.7 Å². The summed E-state index contributed by atoms with van der Waals surface area (Å²) in [7, 11) is 1.95. The molecular formula is C13H21IN4O. The number of aliphatic imine (C=N–C) groups is 1.